The van der Waals surface area contributed by atoms with E-state index in [0.29, 0.717) is 10.7 Å². The average molecular weight is 360 g/mol. The standard InChI is InChI=1S/C19H22ClN3O2/c1-13-7-9-15(10-8-13)22-18(24)12-23(3)19(25)11-21-17-6-4-5-16(20)14(17)2/h4-10,21H,11-12H2,1-3H3,(H,22,24). The van der Waals surface area contributed by atoms with E-state index in [-0.39, 0.29) is 24.9 Å². The molecule has 0 aromatic heterocycles. The van der Waals surface area contributed by atoms with Gasteiger partial charge in [0.05, 0.1) is 13.1 Å². The van der Waals surface area contributed by atoms with E-state index in [2.05, 4.69) is 10.6 Å². The van der Waals surface area contributed by atoms with Crippen LogP contribution in [0.25, 0.3) is 0 Å². The fourth-order valence-electron chi connectivity index (χ4n) is 2.25. The highest BCUT2D eigenvalue weighted by molar-refractivity contribution is 6.31. The molecule has 0 saturated carbocycles. The number of benzene rings is 2. The van der Waals surface area contributed by atoms with Gasteiger partial charge in [-0.3, -0.25) is 9.59 Å². The SMILES string of the molecule is Cc1ccc(NC(=O)CN(C)C(=O)CNc2cccc(Cl)c2C)cc1. The summed E-state index contributed by atoms with van der Waals surface area (Å²) in [5.41, 5.74) is 3.52. The van der Waals surface area contributed by atoms with E-state index in [1.54, 1.807) is 13.1 Å². The third-order valence-electron chi connectivity index (χ3n) is 3.84. The molecule has 0 saturated heterocycles. The third kappa shape index (κ3) is 5.50. The number of amides is 2. The molecular weight excluding hydrogens is 338 g/mol. The molecule has 0 heterocycles. The predicted molar refractivity (Wildman–Crippen MR) is 102 cm³/mol. The lowest BCUT2D eigenvalue weighted by Crippen LogP contribution is -2.38. The van der Waals surface area contributed by atoms with Crippen LogP contribution in [0.5, 0.6) is 0 Å². The Morgan fingerprint density at radius 1 is 1.08 bits per heavy atom. The van der Waals surface area contributed by atoms with Crippen LogP contribution in [0.15, 0.2) is 42.5 Å². The number of anilines is 2. The van der Waals surface area contributed by atoms with Crippen LogP contribution in [0.3, 0.4) is 0 Å². The van der Waals surface area contributed by atoms with Crippen molar-refractivity contribution in [1.29, 1.82) is 0 Å². The maximum Gasteiger partial charge on any atom is 0.243 e. The maximum atomic E-state index is 12.2. The lowest BCUT2D eigenvalue weighted by atomic mass is 10.2. The van der Waals surface area contributed by atoms with Crippen molar-refractivity contribution in [3.05, 3.63) is 58.6 Å². The zero-order chi connectivity index (χ0) is 18.4. The molecule has 2 N–H and O–H groups in total. The molecule has 0 bridgehead atoms. The Labute approximate surface area is 153 Å². The van der Waals surface area contributed by atoms with E-state index in [1.807, 2.05) is 50.2 Å². The van der Waals surface area contributed by atoms with E-state index in [0.717, 1.165) is 16.8 Å². The number of halogens is 1. The van der Waals surface area contributed by atoms with Crippen LogP contribution in [-0.2, 0) is 9.59 Å². The van der Waals surface area contributed by atoms with E-state index in [1.165, 1.54) is 4.90 Å². The summed E-state index contributed by atoms with van der Waals surface area (Å²) in [6, 6.07) is 13.0. The molecule has 0 aliphatic heterocycles. The number of aryl methyl sites for hydroxylation is 1. The third-order valence-corrected chi connectivity index (χ3v) is 4.25. The molecule has 2 amide bonds. The topological polar surface area (TPSA) is 61.4 Å². The molecule has 0 unspecified atom stereocenters. The second-order valence-corrected chi connectivity index (χ2v) is 6.34. The first-order chi connectivity index (χ1) is 11.9. The molecule has 2 aromatic carbocycles. The molecule has 2 rings (SSSR count). The number of rotatable bonds is 6. The average Bonchev–Trinajstić information content (AvgIpc) is 2.58. The van der Waals surface area contributed by atoms with Crippen LogP contribution in [0.1, 0.15) is 11.1 Å². The van der Waals surface area contributed by atoms with E-state index >= 15 is 0 Å². The van der Waals surface area contributed by atoms with Gasteiger partial charge in [0, 0.05) is 23.4 Å². The summed E-state index contributed by atoms with van der Waals surface area (Å²) in [5, 5.41) is 6.47. The quantitative estimate of drug-likeness (QED) is 0.830. The molecule has 2 aromatic rings. The fourth-order valence-corrected chi connectivity index (χ4v) is 2.42. The summed E-state index contributed by atoms with van der Waals surface area (Å²) in [4.78, 5) is 25.6. The zero-order valence-electron chi connectivity index (χ0n) is 14.6. The van der Waals surface area contributed by atoms with Gasteiger partial charge in [0.15, 0.2) is 0 Å². The monoisotopic (exact) mass is 359 g/mol. The molecule has 0 fully saturated rings. The number of hydrogen-bond donors (Lipinski definition) is 2. The Bertz CT molecular complexity index is 760. The summed E-state index contributed by atoms with van der Waals surface area (Å²) >= 11 is 6.06. The van der Waals surface area contributed by atoms with Crippen molar-refractivity contribution in [3.8, 4) is 0 Å². The Balaban J connectivity index is 1.84. The predicted octanol–water partition coefficient (Wildman–Crippen LogP) is 3.47. The molecule has 5 nitrogen and oxygen atoms in total. The number of carbonyl (C=O) groups excluding carboxylic acids is 2. The highest BCUT2D eigenvalue weighted by Gasteiger charge is 2.13. The minimum Gasteiger partial charge on any atom is -0.376 e. The molecule has 6 heteroatoms. The number of carbonyl (C=O) groups is 2. The van der Waals surface area contributed by atoms with Crippen LogP contribution < -0.4 is 10.6 Å². The molecule has 0 aliphatic carbocycles. The summed E-state index contributed by atoms with van der Waals surface area (Å²) in [6.45, 7) is 3.94. The normalized spacial score (nSPS) is 10.2. The maximum absolute atomic E-state index is 12.2. The number of hydrogen-bond acceptors (Lipinski definition) is 3. The Hall–Kier alpha value is -2.53. The smallest absolute Gasteiger partial charge is 0.243 e. The summed E-state index contributed by atoms with van der Waals surface area (Å²) in [6.07, 6.45) is 0. The molecule has 25 heavy (non-hydrogen) atoms. The van der Waals surface area contributed by atoms with Crippen molar-refractivity contribution < 1.29 is 9.59 Å². The highest BCUT2D eigenvalue weighted by atomic mass is 35.5. The Morgan fingerprint density at radius 3 is 2.44 bits per heavy atom. The van der Waals surface area contributed by atoms with Crippen LogP contribution in [0.2, 0.25) is 5.02 Å². The summed E-state index contributed by atoms with van der Waals surface area (Å²) in [5.74, 6) is -0.419. The molecule has 132 valence electrons. The van der Waals surface area contributed by atoms with Crippen molar-refractivity contribution >= 4 is 34.8 Å². The lowest BCUT2D eigenvalue weighted by Gasteiger charge is -2.18. The van der Waals surface area contributed by atoms with Crippen LogP contribution in [-0.4, -0.2) is 36.9 Å². The van der Waals surface area contributed by atoms with Crippen LogP contribution in [0.4, 0.5) is 11.4 Å². The Kier molecular flexibility index (Phi) is 6.42. The second-order valence-electron chi connectivity index (χ2n) is 5.93. The van der Waals surface area contributed by atoms with Crippen molar-refractivity contribution in [1.82, 2.24) is 4.90 Å². The van der Waals surface area contributed by atoms with Crippen molar-refractivity contribution in [2.75, 3.05) is 30.8 Å². The highest BCUT2D eigenvalue weighted by Crippen LogP contribution is 2.22. The van der Waals surface area contributed by atoms with Gasteiger partial charge in [-0.2, -0.15) is 0 Å². The van der Waals surface area contributed by atoms with Gasteiger partial charge < -0.3 is 15.5 Å². The molecular formula is C19H22ClN3O2. The fraction of sp³-hybridized carbons (Fsp3) is 0.263. The van der Waals surface area contributed by atoms with Gasteiger partial charge in [-0.25, -0.2) is 0 Å². The van der Waals surface area contributed by atoms with Gasteiger partial charge in [-0.15, -0.1) is 0 Å². The van der Waals surface area contributed by atoms with E-state index in [9.17, 15) is 9.59 Å². The lowest BCUT2D eigenvalue weighted by molar-refractivity contribution is -0.131. The van der Waals surface area contributed by atoms with E-state index < -0.39 is 0 Å². The first-order valence-corrected chi connectivity index (χ1v) is 8.34. The van der Waals surface area contributed by atoms with Crippen LogP contribution in [0, 0.1) is 13.8 Å². The molecule has 0 spiro atoms. The molecule has 0 radical (unpaired) electrons. The van der Waals surface area contributed by atoms with Crippen molar-refractivity contribution in [3.63, 3.8) is 0 Å². The van der Waals surface area contributed by atoms with Gasteiger partial charge >= 0.3 is 0 Å². The minimum absolute atomic E-state index is 0.0110. The number of nitrogens with one attached hydrogen (secondary N) is 2. The number of likely N-dealkylation sites (N-methyl/N-ethyl adjacent to an activating group) is 1. The molecule has 0 aliphatic rings. The van der Waals surface area contributed by atoms with Gasteiger partial charge in [0.25, 0.3) is 0 Å². The molecule has 0 atom stereocenters. The first-order valence-electron chi connectivity index (χ1n) is 7.96. The van der Waals surface area contributed by atoms with E-state index in [4.69, 9.17) is 11.6 Å². The first kappa shape index (κ1) is 18.8. The van der Waals surface area contributed by atoms with Crippen molar-refractivity contribution in [2.24, 2.45) is 0 Å². The van der Waals surface area contributed by atoms with Crippen LogP contribution >= 0.6 is 11.6 Å². The second kappa shape index (κ2) is 8.53. The van der Waals surface area contributed by atoms with Gasteiger partial charge in [0.2, 0.25) is 11.8 Å². The number of nitrogens with zero attached hydrogens (tertiary/aromatic N) is 1. The Morgan fingerprint density at radius 2 is 1.76 bits per heavy atom. The van der Waals surface area contributed by atoms with Crippen molar-refractivity contribution in [2.45, 2.75) is 13.8 Å². The van der Waals surface area contributed by atoms with Gasteiger partial charge in [0.1, 0.15) is 0 Å². The van der Waals surface area contributed by atoms with Gasteiger partial charge in [-0.1, -0.05) is 35.4 Å². The minimum atomic E-state index is -0.237. The summed E-state index contributed by atoms with van der Waals surface area (Å²) in [7, 11) is 1.60. The zero-order valence-corrected chi connectivity index (χ0v) is 15.4. The summed E-state index contributed by atoms with van der Waals surface area (Å²) < 4.78 is 0. The van der Waals surface area contributed by atoms with Gasteiger partial charge in [-0.05, 0) is 43.7 Å². The largest absolute Gasteiger partial charge is 0.376 e.